The van der Waals surface area contributed by atoms with Crippen LogP contribution in [0, 0.1) is 5.82 Å². The third kappa shape index (κ3) is 4.39. The minimum absolute atomic E-state index is 0.155. The molecule has 0 saturated carbocycles. The highest BCUT2D eigenvalue weighted by molar-refractivity contribution is 7.99. The zero-order valence-corrected chi connectivity index (χ0v) is 16.8. The Kier molecular flexibility index (Phi) is 5.99. The van der Waals surface area contributed by atoms with Gasteiger partial charge in [0.15, 0.2) is 5.16 Å². The average Bonchev–Trinajstić information content (AvgIpc) is 3.28. The highest BCUT2D eigenvalue weighted by Crippen LogP contribution is 2.33. The second-order valence-electron chi connectivity index (χ2n) is 7.31. The van der Waals surface area contributed by atoms with Crippen LogP contribution in [0.15, 0.2) is 41.8 Å². The summed E-state index contributed by atoms with van der Waals surface area (Å²) < 4.78 is 21.0. The van der Waals surface area contributed by atoms with Gasteiger partial charge in [-0.1, -0.05) is 23.9 Å². The van der Waals surface area contributed by atoms with Crippen molar-refractivity contribution in [1.82, 2.24) is 19.4 Å². The number of rotatable bonds is 5. The van der Waals surface area contributed by atoms with Crippen LogP contribution in [0.3, 0.4) is 0 Å². The van der Waals surface area contributed by atoms with E-state index < -0.39 is 0 Å². The summed E-state index contributed by atoms with van der Waals surface area (Å²) in [6, 6.07) is 6.44. The minimum Gasteiger partial charge on any atom is -0.378 e. The number of halogens is 1. The standard InChI is InChI=1S/C20H25FN4O2S/c1-23-6-5-22-20(23)28-17-12-18(19(26)24-7-9-27-10-8-24)25(14-17)13-15-3-2-4-16(21)11-15/h2-6,11,17-18H,7-10,12-14H2,1H3/t17-,18+/m1/s1. The lowest BCUT2D eigenvalue weighted by molar-refractivity contribution is -0.140. The van der Waals surface area contributed by atoms with E-state index in [1.165, 1.54) is 6.07 Å². The number of hydrogen-bond acceptors (Lipinski definition) is 5. The van der Waals surface area contributed by atoms with E-state index in [1.54, 1.807) is 30.1 Å². The maximum absolute atomic E-state index is 13.6. The van der Waals surface area contributed by atoms with Gasteiger partial charge in [0.05, 0.1) is 19.3 Å². The summed E-state index contributed by atoms with van der Waals surface area (Å²) in [5.74, 6) is -0.0886. The van der Waals surface area contributed by atoms with E-state index in [-0.39, 0.29) is 23.0 Å². The number of nitrogens with zero attached hydrogens (tertiary/aromatic N) is 4. The molecule has 1 aromatic heterocycles. The van der Waals surface area contributed by atoms with Gasteiger partial charge in [-0.15, -0.1) is 0 Å². The summed E-state index contributed by atoms with van der Waals surface area (Å²) in [4.78, 5) is 21.7. The second kappa shape index (κ2) is 8.63. The molecule has 0 aliphatic carbocycles. The number of hydrogen-bond donors (Lipinski definition) is 0. The van der Waals surface area contributed by atoms with Crippen LogP contribution in [0.2, 0.25) is 0 Å². The van der Waals surface area contributed by atoms with E-state index >= 15 is 0 Å². The molecule has 1 amide bonds. The number of imidazole rings is 1. The predicted molar refractivity (Wildman–Crippen MR) is 105 cm³/mol. The first-order valence-corrected chi connectivity index (χ1v) is 10.5. The van der Waals surface area contributed by atoms with Gasteiger partial charge in [-0.25, -0.2) is 9.37 Å². The number of aryl methyl sites for hydroxylation is 1. The van der Waals surface area contributed by atoms with Gasteiger partial charge in [-0.2, -0.15) is 0 Å². The minimum atomic E-state index is -0.244. The van der Waals surface area contributed by atoms with E-state index in [0.717, 1.165) is 23.7 Å². The van der Waals surface area contributed by atoms with Gasteiger partial charge in [0.25, 0.3) is 0 Å². The summed E-state index contributed by atoms with van der Waals surface area (Å²) in [7, 11) is 1.98. The third-order valence-corrected chi connectivity index (χ3v) is 6.58. The van der Waals surface area contributed by atoms with Crippen molar-refractivity contribution in [2.45, 2.75) is 29.4 Å². The third-order valence-electron chi connectivity index (χ3n) is 5.30. The van der Waals surface area contributed by atoms with Gasteiger partial charge in [-0.05, 0) is 24.1 Å². The molecule has 0 radical (unpaired) electrons. The van der Waals surface area contributed by atoms with Gasteiger partial charge in [-0.3, -0.25) is 9.69 Å². The fourth-order valence-corrected chi connectivity index (χ4v) is 5.05. The molecule has 0 N–H and O–H groups in total. The fourth-order valence-electron chi connectivity index (χ4n) is 3.86. The number of carbonyl (C=O) groups is 1. The Morgan fingerprint density at radius 3 is 2.89 bits per heavy atom. The van der Waals surface area contributed by atoms with E-state index in [2.05, 4.69) is 9.88 Å². The molecule has 6 nitrogen and oxygen atoms in total. The van der Waals surface area contributed by atoms with E-state index in [1.807, 2.05) is 28.8 Å². The number of aromatic nitrogens is 2. The van der Waals surface area contributed by atoms with Crippen LogP contribution in [0.4, 0.5) is 4.39 Å². The molecule has 2 saturated heterocycles. The van der Waals surface area contributed by atoms with Gasteiger partial charge in [0.2, 0.25) is 5.91 Å². The molecule has 0 bridgehead atoms. The van der Waals surface area contributed by atoms with Crippen molar-refractivity contribution >= 4 is 17.7 Å². The highest BCUT2D eigenvalue weighted by atomic mass is 32.2. The maximum atomic E-state index is 13.6. The van der Waals surface area contributed by atoms with Crippen molar-refractivity contribution < 1.29 is 13.9 Å². The first kappa shape index (κ1) is 19.4. The summed E-state index contributed by atoms with van der Waals surface area (Å²) in [6.07, 6.45) is 4.49. The van der Waals surface area contributed by atoms with E-state index in [9.17, 15) is 9.18 Å². The molecule has 2 aliphatic heterocycles. The SMILES string of the molecule is Cn1ccnc1S[C@@H]1C[C@@H](C(=O)N2CCOCC2)N(Cc2cccc(F)c2)C1. The van der Waals surface area contributed by atoms with Crippen LogP contribution in [-0.2, 0) is 23.1 Å². The summed E-state index contributed by atoms with van der Waals surface area (Å²) in [5, 5.41) is 1.22. The molecule has 150 valence electrons. The van der Waals surface area contributed by atoms with Crippen molar-refractivity contribution in [1.29, 1.82) is 0 Å². The lowest BCUT2D eigenvalue weighted by Gasteiger charge is -2.32. The molecule has 3 heterocycles. The van der Waals surface area contributed by atoms with Crippen molar-refractivity contribution in [3.63, 3.8) is 0 Å². The molecule has 0 unspecified atom stereocenters. The van der Waals surface area contributed by atoms with Crippen LogP contribution in [0.25, 0.3) is 0 Å². The maximum Gasteiger partial charge on any atom is 0.240 e. The van der Waals surface area contributed by atoms with E-state index in [0.29, 0.717) is 32.8 Å². The molecule has 1 aromatic carbocycles. The molecule has 2 atom stereocenters. The van der Waals surface area contributed by atoms with Crippen molar-refractivity contribution in [3.8, 4) is 0 Å². The molecule has 28 heavy (non-hydrogen) atoms. The molecule has 2 aromatic rings. The molecular formula is C20H25FN4O2S. The average molecular weight is 405 g/mol. The second-order valence-corrected chi connectivity index (χ2v) is 8.58. The van der Waals surface area contributed by atoms with Crippen LogP contribution < -0.4 is 0 Å². The van der Waals surface area contributed by atoms with Crippen molar-refractivity contribution in [3.05, 3.63) is 48.0 Å². The Hall–Kier alpha value is -1.90. The first-order valence-electron chi connectivity index (χ1n) is 9.59. The number of ether oxygens (including phenoxy) is 1. The van der Waals surface area contributed by atoms with Gasteiger partial charge in [0.1, 0.15) is 5.82 Å². The monoisotopic (exact) mass is 404 g/mol. The Morgan fingerprint density at radius 1 is 1.36 bits per heavy atom. The zero-order valence-electron chi connectivity index (χ0n) is 16.0. The first-order chi connectivity index (χ1) is 13.6. The largest absolute Gasteiger partial charge is 0.378 e. The van der Waals surface area contributed by atoms with Crippen LogP contribution in [0.5, 0.6) is 0 Å². The Balaban J connectivity index is 1.51. The van der Waals surface area contributed by atoms with Crippen LogP contribution >= 0.6 is 11.8 Å². The van der Waals surface area contributed by atoms with Crippen molar-refractivity contribution in [2.75, 3.05) is 32.8 Å². The lowest BCUT2D eigenvalue weighted by atomic mass is 10.1. The molecule has 2 aliphatic rings. The molecule has 2 fully saturated rings. The van der Waals surface area contributed by atoms with Gasteiger partial charge < -0.3 is 14.2 Å². The summed E-state index contributed by atoms with van der Waals surface area (Å²) in [6.45, 7) is 3.80. The van der Waals surface area contributed by atoms with Gasteiger partial charge in [0, 0.05) is 50.9 Å². The topological polar surface area (TPSA) is 50.6 Å². The van der Waals surface area contributed by atoms with Crippen LogP contribution in [-0.4, -0.2) is 69.4 Å². The molecular weight excluding hydrogens is 379 g/mol. The Morgan fingerprint density at radius 2 is 2.18 bits per heavy atom. The number of carbonyl (C=O) groups excluding carboxylic acids is 1. The highest BCUT2D eigenvalue weighted by Gasteiger charge is 2.39. The number of likely N-dealkylation sites (tertiary alicyclic amines) is 1. The number of thioether (sulfide) groups is 1. The quantitative estimate of drug-likeness (QED) is 0.764. The normalized spacial score (nSPS) is 23.3. The molecule has 8 heteroatoms. The summed E-state index contributed by atoms with van der Waals surface area (Å²) in [5.41, 5.74) is 0.891. The lowest BCUT2D eigenvalue weighted by Crippen LogP contribution is -2.49. The number of benzene rings is 1. The predicted octanol–water partition coefficient (Wildman–Crippen LogP) is 2.15. The number of amides is 1. The fraction of sp³-hybridized carbons (Fsp3) is 0.500. The van der Waals surface area contributed by atoms with Crippen molar-refractivity contribution in [2.24, 2.45) is 7.05 Å². The zero-order chi connectivity index (χ0) is 19.5. The Bertz CT molecular complexity index is 824. The summed E-state index contributed by atoms with van der Waals surface area (Å²) >= 11 is 1.71. The molecule has 4 rings (SSSR count). The number of morpholine rings is 1. The van der Waals surface area contributed by atoms with Gasteiger partial charge >= 0.3 is 0 Å². The molecule has 0 spiro atoms. The smallest absolute Gasteiger partial charge is 0.240 e. The van der Waals surface area contributed by atoms with Crippen LogP contribution in [0.1, 0.15) is 12.0 Å². The Labute approximate surface area is 168 Å². The van der Waals surface area contributed by atoms with E-state index in [4.69, 9.17) is 4.74 Å².